The number of nitrogens with one attached hydrogen (secondary N) is 1. The number of nitrogen functional groups attached to an aromatic ring is 1. The Bertz CT molecular complexity index is 1150. The number of carboxylic acids is 1. The van der Waals surface area contributed by atoms with Crippen molar-refractivity contribution in [2.24, 2.45) is 12.2 Å². The number of thioether (sulfide) groups is 3. The van der Waals surface area contributed by atoms with Crippen molar-refractivity contribution in [1.82, 2.24) is 30.0 Å². The summed E-state index contributed by atoms with van der Waals surface area (Å²) in [6.45, 7) is 0. The molecule has 4 rings (SSSR count). The average molecular weight is 529 g/mol. The molecule has 0 aliphatic carbocycles. The highest BCUT2D eigenvalue weighted by molar-refractivity contribution is 8.18. The molecule has 1 saturated heterocycles. The van der Waals surface area contributed by atoms with Gasteiger partial charge in [0.2, 0.25) is 6.04 Å². The number of carbonyl (C=O) groups is 3. The Morgan fingerprint density at radius 1 is 1.45 bits per heavy atom. The number of β-lactam (4-membered cyclic amide) rings is 1. The first-order chi connectivity index (χ1) is 15.8. The summed E-state index contributed by atoms with van der Waals surface area (Å²) < 4.78 is 1.75. The molecule has 2 aliphatic heterocycles. The van der Waals surface area contributed by atoms with Gasteiger partial charge in [0.1, 0.15) is 23.4 Å². The van der Waals surface area contributed by atoms with Gasteiger partial charge in [0.25, 0.3) is 11.8 Å². The zero-order chi connectivity index (χ0) is 23.7. The van der Waals surface area contributed by atoms with Gasteiger partial charge in [0.15, 0.2) is 10.3 Å². The number of nitrogens with zero attached hydrogens (tertiary/aromatic N) is 6. The van der Waals surface area contributed by atoms with Crippen molar-refractivity contribution in [3.63, 3.8) is 0 Å². The number of nitrogens with two attached hydrogens (primary N) is 1. The van der Waals surface area contributed by atoms with Crippen molar-refractivity contribution < 1.29 is 19.5 Å². The number of carboxylic acid groups (broad SMARTS) is 1. The summed E-state index contributed by atoms with van der Waals surface area (Å²) >= 11 is 5.09. The smallest absolute Gasteiger partial charge is 0.353 e. The predicted molar refractivity (Wildman–Crippen MR) is 124 cm³/mol. The molecule has 33 heavy (non-hydrogen) atoms. The zero-order valence-electron chi connectivity index (χ0n) is 16.8. The van der Waals surface area contributed by atoms with Crippen LogP contribution in [0.1, 0.15) is 11.7 Å². The number of aliphatic carboxylic acids is 1. The fourth-order valence-electron chi connectivity index (χ4n) is 3.15. The van der Waals surface area contributed by atoms with Gasteiger partial charge < -0.3 is 20.7 Å². The SMILES string of the molecule is Cn1cnnc1SCSC1=C(C(=O)O)N2C(=O)C(NC(=O)C(N=O)c3csc(N)n3)[C@@H]2SC1. The summed E-state index contributed by atoms with van der Waals surface area (Å²) in [5.41, 5.74) is 5.53. The molecule has 4 N–H and O–H groups in total. The van der Waals surface area contributed by atoms with Crippen LogP contribution >= 0.6 is 46.6 Å². The number of aryl methyl sites for hydroxylation is 1. The second-order valence-corrected chi connectivity index (χ2v) is 11.1. The maximum Gasteiger partial charge on any atom is 0.353 e. The van der Waals surface area contributed by atoms with Crippen molar-refractivity contribution in [2.45, 2.75) is 22.6 Å². The minimum atomic E-state index is -1.45. The Morgan fingerprint density at radius 2 is 2.24 bits per heavy atom. The first-order valence-corrected chi connectivity index (χ1v) is 13.1. The van der Waals surface area contributed by atoms with Crippen molar-refractivity contribution >= 4 is 69.5 Å². The Balaban J connectivity index is 1.43. The van der Waals surface area contributed by atoms with Crippen LogP contribution in [0.5, 0.6) is 0 Å². The summed E-state index contributed by atoms with van der Waals surface area (Å²) in [5, 5.41) is 25.0. The van der Waals surface area contributed by atoms with Gasteiger partial charge in [-0.1, -0.05) is 11.8 Å². The van der Waals surface area contributed by atoms with Gasteiger partial charge >= 0.3 is 5.97 Å². The molecular formula is C16H16N8O5S4. The summed E-state index contributed by atoms with van der Waals surface area (Å²) in [6.07, 6.45) is 1.57. The number of rotatable bonds is 9. The van der Waals surface area contributed by atoms with Crippen LogP contribution in [0, 0.1) is 4.91 Å². The van der Waals surface area contributed by atoms with Crippen molar-refractivity contribution in [1.29, 1.82) is 0 Å². The summed E-state index contributed by atoms with van der Waals surface area (Å²) in [6, 6.07) is -2.43. The fraction of sp³-hybridized carbons (Fsp3) is 0.375. The van der Waals surface area contributed by atoms with Crippen molar-refractivity contribution in [3.05, 3.63) is 32.9 Å². The van der Waals surface area contributed by atoms with E-state index in [4.69, 9.17) is 5.73 Å². The standard InChI is InChI=1S/C16H16N8O5S4/c1-23-4-18-21-16(23)33-5-32-7-3-30-13-9(12(26)24(13)10(7)14(27)28)20-11(25)8(22-29)6-2-31-15(17)19-6/h2,4,8-9,13H,3,5H2,1H3,(H2,17,19)(H,20,25)(H,27,28)/t8?,9?,13-/m0/s1. The number of aromatic nitrogens is 4. The lowest BCUT2D eigenvalue weighted by Crippen LogP contribution is -2.70. The van der Waals surface area contributed by atoms with Gasteiger partial charge in [0, 0.05) is 23.1 Å². The topological polar surface area (TPSA) is 186 Å². The van der Waals surface area contributed by atoms with Crippen LogP contribution in [0.4, 0.5) is 5.13 Å². The molecule has 3 atom stereocenters. The van der Waals surface area contributed by atoms with Gasteiger partial charge in [-0.15, -0.1) is 50.0 Å². The Morgan fingerprint density at radius 3 is 2.85 bits per heavy atom. The van der Waals surface area contributed by atoms with Crippen LogP contribution in [-0.4, -0.2) is 69.8 Å². The van der Waals surface area contributed by atoms with Crippen LogP contribution in [0.3, 0.4) is 0 Å². The van der Waals surface area contributed by atoms with Crippen LogP contribution in [-0.2, 0) is 21.4 Å². The van der Waals surface area contributed by atoms with Crippen molar-refractivity contribution in [2.75, 3.05) is 16.6 Å². The molecule has 4 heterocycles. The third-order valence-electron chi connectivity index (χ3n) is 4.70. The van der Waals surface area contributed by atoms with E-state index in [-0.39, 0.29) is 16.5 Å². The molecule has 0 aromatic carbocycles. The third-order valence-corrected chi connectivity index (χ3v) is 9.11. The van der Waals surface area contributed by atoms with Gasteiger partial charge in [-0.25, -0.2) is 9.78 Å². The third kappa shape index (κ3) is 4.57. The Hall–Kier alpha value is -2.63. The normalized spacial score (nSPS) is 20.8. The number of carbonyl (C=O) groups excluding carboxylic acids is 2. The van der Waals surface area contributed by atoms with Gasteiger partial charge in [-0.05, 0) is 5.18 Å². The number of hydrogen-bond donors (Lipinski definition) is 3. The maximum atomic E-state index is 12.8. The molecule has 2 aliphatic rings. The Kier molecular flexibility index (Phi) is 6.91. The summed E-state index contributed by atoms with van der Waals surface area (Å²) in [4.78, 5) is 54.1. The van der Waals surface area contributed by atoms with Crippen LogP contribution < -0.4 is 11.1 Å². The van der Waals surface area contributed by atoms with Gasteiger partial charge in [-0.2, -0.15) is 0 Å². The molecule has 1 fully saturated rings. The number of nitroso groups, excluding NO2 is 1. The minimum Gasteiger partial charge on any atom is -0.477 e. The number of anilines is 1. The molecule has 2 amide bonds. The maximum absolute atomic E-state index is 12.8. The first kappa shape index (κ1) is 23.5. The second kappa shape index (κ2) is 9.70. The van der Waals surface area contributed by atoms with Crippen molar-refractivity contribution in [3.8, 4) is 0 Å². The van der Waals surface area contributed by atoms with E-state index >= 15 is 0 Å². The number of thiazole rings is 1. The minimum absolute atomic E-state index is 0.0927. The van der Waals surface area contributed by atoms with Crippen LogP contribution in [0.15, 0.2) is 32.6 Å². The van der Waals surface area contributed by atoms with E-state index in [2.05, 4.69) is 25.7 Å². The lowest BCUT2D eigenvalue weighted by atomic mass is 10.0. The highest BCUT2D eigenvalue weighted by Crippen LogP contribution is 2.44. The zero-order valence-corrected chi connectivity index (χ0v) is 20.0. The number of amides is 2. The lowest BCUT2D eigenvalue weighted by molar-refractivity contribution is -0.150. The van der Waals surface area contributed by atoms with E-state index in [1.54, 1.807) is 17.9 Å². The molecule has 0 bridgehead atoms. The Labute approximate surface area is 202 Å². The highest BCUT2D eigenvalue weighted by atomic mass is 32.2. The highest BCUT2D eigenvalue weighted by Gasteiger charge is 2.54. The largest absolute Gasteiger partial charge is 0.477 e. The molecular weight excluding hydrogens is 512 g/mol. The fourth-order valence-corrected chi connectivity index (χ4v) is 7.37. The molecule has 2 unspecified atom stereocenters. The molecule has 174 valence electrons. The van der Waals surface area contributed by atoms with Crippen LogP contribution in [0.2, 0.25) is 0 Å². The molecule has 0 saturated carbocycles. The van der Waals surface area contributed by atoms with Gasteiger partial charge in [-0.3, -0.25) is 14.5 Å². The van der Waals surface area contributed by atoms with Gasteiger partial charge in [0.05, 0.1) is 10.8 Å². The predicted octanol–water partition coefficient (Wildman–Crippen LogP) is 0.840. The summed E-state index contributed by atoms with van der Waals surface area (Å²) in [5.74, 6) is -2.24. The second-order valence-electron chi connectivity index (χ2n) is 6.72. The molecule has 2 aromatic heterocycles. The monoisotopic (exact) mass is 528 g/mol. The number of hydrogen-bond acceptors (Lipinski definition) is 13. The number of fused-ring (bicyclic) bond motifs is 1. The van der Waals surface area contributed by atoms with E-state index in [0.717, 1.165) is 11.3 Å². The quantitative estimate of drug-likeness (QED) is 0.180. The van der Waals surface area contributed by atoms with E-state index in [9.17, 15) is 24.4 Å². The first-order valence-electron chi connectivity index (χ1n) is 9.16. The molecule has 0 radical (unpaired) electrons. The lowest BCUT2D eigenvalue weighted by Gasteiger charge is -2.49. The van der Waals surface area contributed by atoms with E-state index in [1.165, 1.54) is 45.6 Å². The average Bonchev–Trinajstić information content (AvgIpc) is 3.39. The molecule has 0 spiro atoms. The molecule has 17 heteroatoms. The van der Waals surface area contributed by atoms with E-state index < -0.39 is 35.2 Å². The molecule has 2 aromatic rings. The van der Waals surface area contributed by atoms with E-state index in [0.29, 0.717) is 20.9 Å². The van der Waals surface area contributed by atoms with E-state index in [1.807, 2.05) is 0 Å². The molecule has 13 nitrogen and oxygen atoms in total. The van der Waals surface area contributed by atoms with Crippen LogP contribution in [0.25, 0.3) is 0 Å². The summed E-state index contributed by atoms with van der Waals surface area (Å²) in [7, 11) is 1.80.